The molecule has 134 valence electrons. The Balaban J connectivity index is 2.27. The number of alkyl halides is 3. The number of nitrogens with one attached hydrogen (secondary N) is 2. The zero-order chi connectivity index (χ0) is 18.6. The summed E-state index contributed by atoms with van der Waals surface area (Å²) in [4.78, 5) is 11.5. The van der Waals surface area contributed by atoms with E-state index in [1.54, 1.807) is 6.07 Å². The van der Waals surface area contributed by atoms with E-state index in [4.69, 9.17) is 4.74 Å². The van der Waals surface area contributed by atoms with Gasteiger partial charge in [0.25, 0.3) is 0 Å². The highest BCUT2D eigenvalue weighted by Gasteiger charge is 2.31. The lowest BCUT2D eigenvalue weighted by Gasteiger charge is -2.16. The second-order valence-corrected chi connectivity index (χ2v) is 5.63. The SMILES string of the molecule is CNC(=O)Nc1cc(C(F)(F)F)ccc1COc1ccc(C)cc1C. The fourth-order valence-electron chi connectivity index (χ4n) is 2.30. The molecule has 2 aromatic rings. The molecule has 0 fully saturated rings. The van der Waals surface area contributed by atoms with E-state index < -0.39 is 17.8 Å². The fourth-order valence-corrected chi connectivity index (χ4v) is 2.30. The van der Waals surface area contributed by atoms with Crippen LogP contribution in [0, 0.1) is 13.8 Å². The smallest absolute Gasteiger partial charge is 0.416 e. The van der Waals surface area contributed by atoms with Crippen molar-refractivity contribution in [2.75, 3.05) is 12.4 Å². The number of benzene rings is 2. The quantitative estimate of drug-likeness (QED) is 0.841. The topological polar surface area (TPSA) is 50.4 Å². The number of carbonyl (C=O) groups excluding carboxylic acids is 1. The molecular formula is C18H19F3N2O2. The normalized spacial score (nSPS) is 11.1. The second kappa shape index (κ2) is 7.46. The Hall–Kier alpha value is -2.70. The summed E-state index contributed by atoms with van der Waals surface area (Å²) in [7, 11) is 1.38. The molecule has 0 unspecified atom stereocenters. The maximum Gasteiger partial charge on any atom is 0.416 e. The van der Waals surface area contributed by atoms with Crippen LogP contribution in [0.3, 0.4) is 0 Å². The Bertz CT molecular complexity index is 773. The van der Waals surface area contributed by atoms with Gasteiger partial charge in [-0.1, -0.05) is 23.8 Å². The van der Waals surface area contributed by atoms with Gasteiger partial charge in [-0.2, -0.15) is 13.2 Å². The van der Waals surface area contributed by atoms with Gasteiger partial charge < -0.3 is 15.4 Å². The fraction of sp³-hybridized carbons (Fsp3) is 0.278. The van der Waals surface area contributed by atoms with Crippen LogP contribution in [0.1, 0.15) is 22.3 Å². The summed E-state index contributed by atoms with van der Waals surface area (Å²) in [6.45, 7) is 3.87. The Kier molecular flexibility index (Phi) is 5.56. The maximum absolute atomic E-state index is 12.9. The molecule has 0 radical (unpaired) electrons. The maximum atomic E-state index is 12.9. The number of hydrogen-bond acceptors (Lipinski definition) is 2. The number of ether oxygens (including phenoxy) is 1. The lowest BCUT2D eigenvalue weighted by atomic mass is 10.1. The largest absolute Gasteiger partial charge is 0.489 e. The number of urea groups is 1. The summed E-state index contributed by atoms with van der Waals surface area (Å²) >= 11 is 0. The van der Waals surface area contributed by atoms with E-state index in [-0.39, 0.29) is 12.3 Å². The molecule has 2 aromatic carbocycles. The Morgan fingerprint density at radius 1 is 1.12 bits per heavy atom. The van der Waals surface area contributed by atoms with Gasteiger partial charge in [-0.15, -0.1) is 0 Å². The molecular weight excluding hydrogens is 333 g/mol. The molecule has 7 heteroatoms. The lowest BCUT2D eigenvalue weighted by Crippen LogP contribution is -2.25. The predicted octanol–water partition coefficient (Wildman–Crippen LogP) is 4.65. The van der Waals surface area contributed by atoms with Gasteiger partial charge in [-0.25, -0.2) is 4.79 Å². The molecule has 0 saturated heterocycles. The lowest BCUT2D eigenvalue weighted by molar-refractivity contribution is -0.137. The van der Waals surface area contributed by atoms with Gasteiger partial charge in [0.1, 0.15) is 12.4 Å². The molecule has 0 aliphatic rings. The minimum Gasteiger partial charge on any atom is -0.489 e. The zero-order valence-electron chi connectivity index (χ0n) is 14.1. The third-order valence-electron chi connectivity index (χ3n) is 3.63. The molecule has 0 aliphatic heterocycles. The van der Waals surface area contributed by atoms with Crippen LogP contribution in [0.5, 0.6) is 5.75 Å². The van der Waals surface area contributed by atoms with Crippen molar-refractivity contribution in [3.8, 4) is 5.75 Å². The van der Waals surface area contributed by atoms with Gasteiger partial charge in [-0.05, 0) is 37.6 Å². The Morgan fingerprint density at radius 3 is 2.44 bits per heavy atom. The third kappa shape index (κ3) is 4.89. The van der Waals surface area contributed by atoms with Crippen molar-refractivity contribution in [3.05, 3.63) is 58.7 Å². The first-order chi connectivity index (χ1) is 11.7. The molecule has 0 spiro atoms. The molecule has 0 aliphatic carbocycles. The number of halogens is 3. The monoisotopic (exact) mass is 352 g/mol. The average molecular weight is 352 g/mol. The number of amides is 2. The highest BCUT2D eigenvalue weighted by atomic mass is 19.4. The van der Waals surface area contributed by atoms with E-state index in [2.05, 4.69) is 10.6 Å². The van der Waals surface area contributed by atoms with Crippen molar-refractivity contribution >= 4 is 11.7 Å². The van der Waals surface area contributed by atoms with E-state index in [0.29, 0.717) is 11.3 Å². The van der Waals surface area contributed by atoms with E-state index in [1.165, 1.54) is 13.1 Å². The van der Waals surface area contributed by atoms with Crippen molar-refractivity contribution in [1.29, 1.82) is 0 Å². The third-order valence-corrected chi connectivity index (χ3v) is 3.63. The first-order valence-electron chi connectivity index (χ1n) is 7.59. The van der Waals surface area contributed by atoms with E-state index in [9.17, 15) is 18.0 Å². The van der Waals surface area contributed by atoms with Crippen molar-refractivity contribution in [2.45, 2.75) is 26.6 Å². The molecule has 0 bridgehead atoms. The zero-order valence-corrected chi connectivity index (χ0v) is 14.1. The highest BCUT2D eigenvalue weighted by Crippen LogP contribution is 2.32. The molecule has 0 heterocycles. The number of carbonyl (C=O) groups is 1. The summed E-state index contributed by atoms with van der Waals surface area (Å²) in [6.07, 6.45) is -4.49. The van der Waals surface area contributed by atoms with Crippen molar-refractivity contribution in [2.24, 2.45) is 0 Å². The van der Waals surface area contributed by atoms with Crippen LogP contribution in [0.15, 0.2) is 36.4 Å². The van der Waals surface area contributed by atoms with Gasteiger partial charge in [0.15, 0.2) is 0 Å². The summed E-state index contributed by atoms with van der Waals surface area (Å²) in [5.74, 6) is 0.636. The van der Waals surface area contributed by atoms with Gasteiger partial charge in [0.2, 0.25) is 0 Å². The molecule has 2 amide bonds. The van der Waals surface area contributed by atoms with Crippen LogP contribution in [-0.2, 0) is 12.8 Å². The molecule has 0 aromatic heterocycles. The minimum absolute atomic E-state index is 0.0291. The van der Waals surface area contributed by atoms with Crippen LogP contribution in [0.25, 0.3) is 0 Å². The van der Waals surface area contributed by atoms with Crippen molar-refractivity contribution in [1.82, 2.24) is 5.32 Å². The van der Waals surface area contributed by atoms with Crippen molar-refractivity contribution in [3.63, 3.8) is 0 Å². The van der Waals surface area contributed by atoms with Crippen LogP contribution >= 0.6 is 0 Å². The average Bonchev–Trinajstić information content (AvgIpc) is 2.53. The van der Waals surface area contributed by atoms with Gasteiger partial charge in [0.05, 0.1) is 5.56 Å². The van der Waals surface area contributed by atoms with Gasteiger partial charge >= 0.3 is 12.2 Å². The van der Waals surface area contributed by atoms with Crippen LogP contribution in [-0.4, -0.2) is 13.1 Å². The standard InChI is InChI=1S/C18H19F3N2O2/c1-11-4-7-16(12(2)8-11)25-10-13-5-6-14(18(19,20)21)9-15(13)23-17(24)22-3/h4-9H,10H2,1-3H3,(H2,22,23,24). The number of hydrogen-bond donors (Lipinski definition) is 2. The molecule has 0 saturated carbocycles. The minimum atomic E-state index is -4.49. The van der Waals surface area contributed by atoms with Crippen LogP contribution in [0.4, 0.5) is 23.7 Å². The van der Waals surface area contributed by atoms with Gasteiger partial charge in [0, 0.05) is 18.3 Å². The molecule has 0 atom stereocenters. The van der Waals surface area contributed by atoms with E-state index in [0.717, 1.165) is 23.3 Å². The van der Waals surface area contributed by atoms with Crippen LogP contribution in [0.2, 0.25) is 0 Å². The highest BCUT2D eigenvalue weighted by molar-refractivity contribution is 5.90. The summed E-state index contributed by atoms with van der Waals surface area (Å²) in [5.41, 5.74) is 1.67. The van der Waals surface area contributed by atoms with E-state index in [1.807, 2.05) is 26.0 Å². The first kappa shape index (κ1) is 18.6. The van der Waals surface area contributed by atoms with E-state index >= 15 is 0 Å². The second-order valence-electron chi connectivity index (χ2n) is 5.63. The number of rotatable bonds is 4. The summed E-state index contributed by atoms with van der Waals surface area (Å²) < 4.78 is 44.4. The van der Waals surface area contributed by atoms with Crippen molar-refractivity contribution < 1.29 is 22.7 Å². The van der Waals surface area contributed by atoms with Crippen LogP contribution < -0.4 is 15.4 Å². The molecule has 2 rings (SSSR count). The Morgan fingerprint density at radius 2 is 1.84 bits per heavy atom. The predicted molar refractivity (Wildman–Crippen MR) is 89.8 cm³/mol. The first-order valence-corrected chi connectivity index (χ1v) is 7.59. The molecule has 4 nitrogen and oxygen atoms in total. The molecule has 25 heavy (non-hydrogen) atoms. The number of aryl methyl sites for hydroxylation is 2. The van der Waals surface area contributed by atoms with Gasteiger partial charge in [-0.3, -0.25) is 0 Å². The Labute approximate surface area is 144 Å². The molecule has 2 N–H and O–H groups in total. The number of anilines is 1. The summed E-state index contributed by atoms with van der Waals surface area (Å²) in [6, 6.07) is 8.21. The summed E-state index contributed by atoms with van der Waals surface area (Å²) in [5, 5.41) is 4.72.